The zero-order valence-electron chi connectivity index (χ0n) is 9.73. The number of esters is 1. The molecule has 0 bridgehead atoms. The van der Waals surface area contributed by atoms with Gasteiger partial charge in [-0.25, -0.2) is 9.78 Å². The van der Waals surface area contributed by atoms with E-state index in [1.165, 1.54) is 11.3 Å². The van der Waals surface area contributed by atoms with Crippen molar-refractivity contribution in [1.29, 1.82) is 0 Å². The van der Waals surface area contributed by atoms with Crippen LogP contribution >= 0.6 is 11.3 Å². The van der Waals surface area contributed by atoms with E-state index < -0.39 is 17.9 Å². The zero-order chi connectivity index (χ0) is 12.8. The Labute approximate surface area is 103 Å². The molecule has 0 fully saturated rings. The molecule has 0 aliphatic heterocycles. The molecule has 0 aliphatic carbocycles. The Morgan fingerprint density at radius 1 is 1.65 bits per heavy atom. The maximum absolute atomic E-state index is 11.7. The average molecular weight is 257 g/mol. The van der Waals surface area contributed by atoms with Gasteiger partial charge in [-0.05, 0) is 13.8 Å². The number of thiazole rings is 1. The average Bonchev–Trinajstić information content (AvgIpc) is 2.77. The summed E-state index contributed by atoms with van der Waals surface area (Å²) in [6.45, 7) is 3.85. The Hall–Kier alpha value is -1.47. The summed E-state index contributed by atoms with van der Waals surface area (Å²) >= 11 is 1.31. The van der Waals surface area contributed by atoms with Crippen LogP contribution < -0.4 is 11.1 Å². The summed E-state index contributed by atoms with van der Waals surface area (Å²) in [6, 6.07) is -0.689. The number of ether oxygens (including phenoxy) is 1. The Bertz CT molecular complexity index is 405. The predicted octanol–water partition coefficient (Wildman–Crippen LogP) is 0.283. The first-order valence-electron chi connectivity index (χ1n) is 5.20. The zero-order valence-corrected chi connectivity index (χ0v) is 10.5. The van der Waals surface area contributed by atoms with E-state index in [4.69, 9.17) is 10.5 Å². The monoisotopic (exact) mass is 257 g/mol. The number of aromatic nitrogens is 1. The lowest BCUT2D eigenvalue weighted by atomic mass is 10.3. The third-order valence-corrected chi connectivity index (χ3v) is 2.82. The topological polar surface area (TPSA) is 94.3 Å². The number of nitrogens with one attached hydrogen (secondary N) is 1. The first-order chi connectivity index (χ1) is 8.08. The lowest BCUT2D eigenvalue weighted by molar-refractivity contribution is -0.144. The maximum Gasteiger partial charge on any atom is 0.328 e. The molecule has 0 aliphatic rings. The summed E-state index contributed by atoms with van der Waals surface area (Å²) in [4.78, 5) is 27.0. The van der Waals surface area contributed by atoms with E-state index in [0.29, 0.717) is 11.6 Å². The van der Waals surface area contributed by atoms with E-state index in [2.05, 4.69) is 10.3 Å². The van der Waals surface area contributed by atoms with Crippen molar-refractivity contribution >= 4 is 23.2 Å². The summed E-state index contributed by atoms with van der Waals surface area (Å²) in [6.07, 6.45) is 0. The lowest BCUT2D eigenvalue weighted by Crippen LogP contribution is -2.39. The molecule has 94 valence electrons. The molecule has 0 aromatic carbocycles. The number of hydrogen-bond donors (Lipinski definition) is 2. The van der Waals surface area contributed by atoms with Crippen LogP contribution in [0.25, 0.3) is 0 Å². The van der Waals surface area contributed by atoms with Crippen LogP contribution in [0.5, 0.6) is 0 Å². The van der Waals surface area contributed by atoms with E-state index in [1.54, 1.807) is 19.2 Å². The Morgan fingerprint density at radius 2 is 2.35 bits per heavy atom. The molecule has 6 nitrogen and oxygen atoms in total. The van der Waals surface area contributed by atoms with Crippen LogP contribution in [0.3, 0.4) is 0 Å². The first kappa shape index (κ1) is 13.6. The molecule has 1 aromatic heterocycles. The molecular formula is C10H15N3O3S. The van der Waals surface area contributed by atoms with Gasteiger partial charge in [-0.2, -0.15) is 0 Å². The molecule has 0 saturated carbocycles. The first-order valence-corrected chi connectivity index (χ1v) is 6.08. The second kappa shape index (κ2) is 6.31. The van der Waals surface area contributed by atoms with E-state index >= 15 is 0 Å². The lowest BCUT2D eigenvalue weighted by Gasteiger charge is -2.11. The van der Waals surface area contributed by atoms with Crippen LogP contribution in [0.1, 0.15) is 29.3 Å². The number of carbonyl (C=O) groups excluding carboxylic acids is 2. The van der Waals surface area contributed by atoms with Gasteiger partial charge >= 0.3 is 5.97 Å². The molecule has 7 heteroatoms. The Morgan fingerprint density at radius 3 is 2.88 bits per heavy atom. The largest absolute Gasteiger partial charge is 0.464 e. The molecular weight excluding hydrogens is 242 g/mol. The summed E-state index contributed by atoms with van der Waals surface area (Å²) in [7, 11) is 0. The minimum Gasteiger partial charge on any atom is -0.464 e. The summed E-state index contributed by atoms with van der Waals surface area (Å²) < 4.78 is 4.78. The van der Waals surface area contributed by atoms with E-state index in [-0.39, 0.29) is 12.3 Å². The third kappa shape index (κ3) is 3.79. The number of nitrogens with two attached hydrogens (primary N) is 1. The van der Waals surface area contributed by atoms with Crippen LogP contribution in [0, 0.1) is 0 Å². The molecule has 1 atom stereocenters. The summed E-state index contributed by atoms with van der Waals surface area (Å²) in [5, 5.41) is 4.79. The fraction of sp³-hybridized carbons (Fsp3) is 0.500. The molecule has 1 rings (SSSR count). The van der Waals surface area contributed by atoms with Gasteiger partial charge in [0, 0.05) is 11.9 Å². The molecule has 1 aromatic rings. The van der Waals surface area contributed by atoms with E-state index in [0.717, 1.165) is 0 Å². The normalized spacial score (nSPS) is 11.9. The Balaban J connectivity index is 2.56. The van der Waals surface area contributed by atoms with Gasteiger partial charge in [0.05, 0.1) is 6.61 Å². The molecule has 1 unspecified atom stereocenters. The smallest absolute Gasteiger partial charge is 0.328 e. The number of rotatable bonds is 5. The molecule has 1 heterocycles. The fourth-order valence-electron chi connectivity index (χ4n) is 1.11. The molecule has 0 saturated heterocycles. The van der Waals surface area contributed by atoms with Crippen LogP contribution in [0.2, 0.25) is 0 Å². The molecule has 0 radical (unpaired) electrons. The number of hydrogen-bond acceptors (Lipinski definition) is 6. The molecule has 1 amide bonds. The third-order valence-electron chi connectivity index (χ3n) is 1.95. The van der Waals surface area contributed by atoms with Crippen LogP contribution in [0.4, 0.5) is 0 Å². The van der Waals surface area contributed by atoms with Crippen molar-refractivity contribution in [2.75, 3.05) is 6.61 Å². The summed E-state index contributed by atoms with van der Waals surface area (Å²) in [5.74, 6) is -0.864. The minimum atomic E-state index is -0.689. The van der Waals surface area contributed by atoms with E-state index in [1.807, 2.05) is 0 Å². The van der Waals surface area contributed by atoms with Gasteiger partial charge in [-0.3, -0.25) is 4.79 Å². The van der Waals surface area contributed by atoms with Crippen molar-refractivity contribution in [3.05, 3.63) is 16.1 Å². The molecule has 17 heavy (non-hydrogen) atoms. The van der Waals surface area contributed by atoms with Crippen molar-refractivity contribution in [1.82, 2.24) is 10.3 Å². The SMILES string of the molecule is CCOC(=O)C(C)NC(=O)c1csc(CN)n1. The van der Waals surface area contributed by atoms with Gasteiger partial charge in [0.1, 0.15) is 16.7 Å². The standard InChI is InChI=1S/C10H15N3O3S/c1-3-16-10(15)6(2)12-9(14)7-5-17-8(4-11)13-7/h5-6H,3-4,11H2,1-2H3,(H,12,14). The number of carbonyl (C=O) groups is 2. The quantitative estimate of drug-likeness (QED) is 0.739. The highest BCUT2D eigenvalue weighted by Gasteiger charge is 2.18. The summed E-state index contributed by atoms with van der Waals surface area (Å²) in [5.41, 5.74) is 5.66. The van der Waals surface area contributed by atoms with Crippen molar-refractivity contribution in [2.24, 2.45) is 5.73 Å². The van der Waals surface area contributed by atoms with E-state index in [9.17, 15) is 9.59 Å². The predicted molar refractivity (Wildman–Crippen MR) is 63.6 cm³/mol. The molecule has 3 N–H and O–H groups in total. The highest BCUT2D eigenvalue weighted by molar-refractivity contribution is 7.09. The van der Waals surface area contributed by atoms with Gasteiger partial charge in [0.25, 0.3) is 5.91 Å². The van der Waals surface area contributed by atoms with Crippen molar-refractivity contribution in [2.45, 2.75) is 26.4 Å². The van der Waals surface area contributed by atoms with Gasteiger partial charge < -0.3 is 15.8 Å². The maximum atomic E-state index is 11.7. The van der Waals surface area contributed by atoms with Gasteiger partial charge in [0.2, 0.25) is 0 Å². The molecule has 0 spiro atoms. The highest BCUT2D eigenvalue weighted by atomic mass is 32.1. The Kier molecular flexibility index (Phi) is 5.05. The number of amides is 1. The van der Waals surface area contributed by atoms with Crippen molar-refractivity contribution < 1.29 is 14.3 Å². The van der Waals surface area contributed by atoms with Crippen LogP contribution in [-0.2, 0) is 16.1 Å². The van der Waals surface area contributed by atoms with Crippen molar-refractivity contribution in [3.8, 4) is 0 Å². The fourth-order valence-corrected chi connectivity index (χ4v) is 1.76. The second-order valence-electron chi connectivity index (χ2n) is 3.28. The van der Waals surface area contributed by atoms with Crippen LogP contribution in [0.15, 0.2) is 5.38 Å². The second-order valence-corrected chi connectivity index (χ2v) is 4.22. The van der Waals surface area contributed by atoms with Gasteiger partial charge in [-0.15, -0.1) is 11.3 Å². The highest BCUT2D eigenvalue weighted by Crippen LogP contribution is 2.08. The van der Waals surface area contributed by atoms with Crippen LogP contribution in [-0.4, -0.2) is 29.5 Å². The van der Waals surface area contributed by atoms with Gasteiger partial charge in [-0.1, -0.05) is 0 Å². The minimum absolute atomic E-state index is 0.270. The van der Waals surface area contributed by atoms with Crippen molar-refractivity contribution in [3.63, 3.8) is 0 Å². The van der Waals surface area contributed by atoms with Gasteiger partial charge in [0.15, 0.2) is 0 Å². The number of nitrogens with zero attached hydrogens (tertiary/aromatic N) is 1.